The summed E-state index contributed by atoms with van der Waals surface area (Å²) >= 11 is 3.16. The van der Waals surface area contributed by atoms with Crippen molar-refractivity contribution in [1.29, 1.82) is 0 Å². The molecule has 85 heavy (non-hydrogen) atoms. The predicted molar refractivity (Wildman–Crippen MR) is 342 cm³/mol. The van der Waals surface area contributed by atoms with Crippen LogP contribution in [0.25, 0.3) is 11.4 Å². The van der Waals surface area contributed by atoms with Gasteiger partial charge in [0.05, 0.1) is 41.6 Å². The minimum Gasteiger partial charge on any atom is -0.314 e. The Kier molecular flexibility index (Phi) is 36.0. The number of carbonyl (C=O) groups is 3. The van der Waals surface area contributed by atoms with Crippen LogP contribution in [0.1, 0.15) is 153 Å². The Balaban J connectivity index is 0.000000355. The summed E-state index contributed by atoms with van der Waals surface area (Å²) in [6, 6.07) is 24.6. The van der Waals surface area contributed by atoms with Gasteiger partial charge in [-0.1, -0.05) is 37.2 Å². The third kappa shape index (κ3) is 33.3. The summed E-state index contributed by atoms with van der Waals surface area (Å²) in [7, 11) is 0. The van der Waals surface area contributed by atoms with Crippen LogP contribution in [0.4, 0.5) is 14.4 Å². The van der Waals surface area contributed by atoms with Crippen molar-refractivity contribution in [1.82, 2.24) is 60.7 Å². The van der Waals surface area contributed by atoms with Crippen LogP contribution in [0.5, 0.6) is 0 Å². The van der Waals surface area contributed by atoms with E-state index in [0.29, 0.717) is 24.3 Å². The molecule has 2 fully saturated rings. The van der Waals surface area contributed by atoms with E-state index in [-0.39, 0.29) is 19.6 Å². The van der Waals surface area contributed by atoms with Gasteiger partial charge in [-0.2, -0.15) is 0 Å². The molecule has 0 radical (unpaired) electrons. The number of nitrogens with one attached hydrogen (secondary N) is 3. The van der Waals surface area contributed by atoms with Crippen LogP contribution >= 0.6 is 11.6 Å². The quantitative estimate of drug-likeness (QED) is 0.0422. The van der Waals surface area contributed by atoms with Crippen LogP contribution in [0.15, 0.2) is 135 Å². The van der Waals surface area contributed by atoms with E-state index in [9.17, 15) is 14.4 Å². The van der Waals surface area contributed by atoms with E-state index in [1.807, 2.05) is 81.7 Å². The number of amides is 1. The number of aromatic nitrogens is 8. The monoisotopic (exact) mass is 1300 g/mol. The van der Waals surface area contributed by atoms with E-state index < -0.39 is 47.5 Å². The number of hydrogen-bond donors (Lipinski definition) is 3. The second-order valence-corrected chi connectivity index (χ2v) is 36.3. The van der Waals surface area contributed by atoms with E-state index >= 15 is 0 Å². The molecule has 6 aromatic rings. The summed E-state index contributed by atoms with van der Waals surface area (Å²) in [5, 5.41) is 10.5. The number of unbranched alkanes of at least 4 members (excludes halogenated alkanes) is 3. The number of carbonyl (C=O) groups excluding carboxylic acids is 3. The minimum absolute atomic E-state index is 0. The Labute approximate surface area is 516 Å². The van der Waals surface area contributed by atoms with E-state index in [4.69, 9.17) is 30.8 Å². The van der Waals surface area contributed by atoms with Crippen LogP contribution < -0.4 is 19.7 Å². The number of rotatable bonds is 13. The first kappa shape index (κ1) is 74.8. The summed E-state index contributed by atoms with van der Waals surface area (Å²) in [4.78, 5) is 68.8. The maximum atomic E-state index is 12.0. The summed E-state index contributed by atoms with van der Waals surface area (Å²) in [5.41, 5.74) is 1.89. The normalized spacial score (nSPS) is 14.7. The zero-order valence-electron chi connectivity index (χ0n) is 51.7. The van der Waals surface area contributed by atoms with Gasteiger partial charge in [0.2, 0.25) is 0 Å². The average molecular weight is 1300 g/mol. The molecule has 0 saturated carbocycles. The van der Waals surface area contributed by atoms with Gasteiger partial charge in [-0.3, -0.25) is 29.9 Å². The maximum Gasteiger partial charge on any atom is 0.147 e. The third-order valence-electron chi connectivity index (χ3n) is 12.2. The number of ether oxygens (including phenoxy) is 4. The number of pyridine rings is 4. The van der Waals surface area contributed by atoms with E-state index in [1.165, 1.54) is 58.0 Å². The number of piperazine rings is 2. The van der Waals surface area contributed by atoms with Gasteiger partial charge in [0.25, 0.3) is 0 Å². The van der Waals surface area contributed by atoms with E-state index in [2.05, 4.69) is 101 Å². The summed E-state index contributed by atoms with van der Waals surface area (Å²) < 4.78 is 25.3. The first-order valence-electron chi connectivity index (χ1n) is 29.2. The third-order valence-corrected chi connectivity index (χ3v) is 27.5. The van der Waals surface area contributed by atoms with Crippen LogP contribution in [-0.4, -0.2) is 138 Å². The summed E-state index contributed by atoms with van der Waals surface area (Å²) in [5.74, 6) is 0. The van der Waals surface area contributed by atoms with Crippen LogP contribution in [0.2, 0.25) is 18.5 Å². The fourth-order valence-electron chi connectivity index (χ4n) is 8.28. The second kappa shape index (κ2) is 40.9. The van der Waals surface area contributed by atoms with Gasteiger partial charge < -0.3 is 39.8 Å². The Morgan fingerprint density at radius 3 is 1.44 bits per heavy atom. The molecule has 8 heterocycles. The standard InChI is InChI=1S/C14H21N3O2.C10H18O5.C9H13N3.C9H7N3.C5H4N.C4H3ClN2.3C4H9.CH4.Sn/c1-14(2,3)19-13(18)17-9-8-16-12(10-17)11-6-4-5-7-15-11;1-9(2,3)14-7(11)13-8(12)15-10(4,5)6;2*1-2-4-11-8(3-1)9-7-10-5-6-12-9;1-2-4-6-5-3-1;5-4-3-6-1-2-7-4;3*1-3-4-2;;/h4-7,12,16H,8-10H2,1-3H3;1-6H3;1-4,9-10,12H,5-7H2;1-7H;1-4H;1-3H;3*1,3-4H2,2H3;1H4;. The molecule has 3 N–H and O–H groups in total. The summed E-state index contributed by atoms with van der Waals surface area (Å²) in [6.07, 6.45) is 22.9. The second-order valence-electron chi connectivity index (χ2n) is 22.8. The molecular weight excluding hydrogens is 1200 g/mol. The number of hydrogen-bond acceptors (Lipinski definition) is 18. The summed E-state index contributed by atoms with van der Waals surface area (Å²) in [6.45, 7) is 27.7. The average Bonchev–Trinajstić information content (AvgIpc) is 3.35. The molecule has 8 rings (SSSR count). The molecule has 1 amide bonds. The first-order valence-corrected chi connectivity index (χ1v) is 37.0. The van der Waals surface area contributed by atoms with Gasteiger partial charge in [-0.05, 0) is 98.7 Å². The van der Waals surface area contributed by atoms with Crippen molar-refractivity contribution in [2.24, 2.45) is 0 Å². The molecule has 2 saturated heterocycles. The molecule has 2 aliphatic rings. The molecule has 466 valence electrons. The van der Waals surface area contributed by atoms with Gasteiger partial charge in [0.1, 0.15) is 27.7 Å². The van der Waals surface area contributed by atoms with Crippen molar-refractivity contribution in [2.75, 3.05) is 39.3 Å². The van der Waals surface area contributed by atoms with Crippen molar-refractivity contribution < 1.29 is 33.3 Å². The van der Waals surface area contributed by atoms with Crippen LogP contribution in [-0.2, 0) is 18.9 Å². The smallest absolute Gasteiger partial charge is 0.147 e. The SMILES string of the molecule is C.CC(C)(C)OC(=O)N1CCNC(c2ccccn2)C1.CC(C)(C)OC(=O)OC(=O)OC(C)(C)C.CCC[CH2][Sn]([CH2]CCC)([CH2]CCC)[c]1ccccn1.Clc1cnccn1.c1ccc(-c2cnccn2)nc1.c1ccc(C2CNCCN2)nc1. The van der Waals surface area contributed by atoms with Crippen molar-refractivity contribution in [3.05, 3.63) is 151 Å². The molecule has 6 aromatic heterocycles. The molecule has 21 heteroatoms. The predicted octanol–water partition coefficient (Wildman–Crippen LogP) is 13.6. The van der Waals surface area contributed by atoms with E-state index in [1.54, 1.807) is 93.5 Å². The molecule has 2 aliphatic heterocycles. The molecular formula is C64H97ClN12O7Sn. The van der Waals surface area contributed by atoms with Crippen molar-refractivity contribution in [3.63, 3.8) is 0 Å². The first-order chi connectivity index (χ1) is 40.1. The van der Waals surface area contributed by atoms with Crippen LogP contribution in [0, 0.1) is 0 Å². The van der Waals surface area contributed by atoms with Crippen LogP contribution in [0.3, 0.4) is 0 Å². The Bertz CT molecular complexity index is 2590. The van der Waals surface area contributed by atoms with Gasteiger partial charge in [-0.25, -0.2) is 19.4 Å². The minimum atomic E-state index is -2.21. The zero-order valence-corrected chi connectivity index (χ0v) is 55.3. The van der Waals surface area contributed by atoms with Gasteiger partial charge in [0, 0.05) is 82.6 Å². The molecule has 0 aliphatic carbocycles. The molecule has 2 unspecified atom stereocenters. The topological polar surface area (TPSA) is 231 Å². The van der Waals surface area contributed by atoms with Gasteiger partial charge >= 0.3 is 142 Å². The van der Waals surface area contributed by atoms with Crippen molar-refractivity contribution >= 4 is 52.1 Å². The largest absolute Gasteiger partial charge is 0.314 e. The van der Waals surface area contributed by atoms with Gasteiger partial charge in [-0.15, -0.1) is 0 Å². The Morgan fingerprint density at radius 1 is 0.553 bits per heavy atom. The number of halogens is 1. The van der Waals surface area contributed by atoms with Gasteiger partial charge in [0.15, 0.2) is 0 Å². The number of nitrogens with zero attached hydrogens (tertiary/aromatic N) is 9. The fraction of sp³-hybridized carbons (Fsp3) is 0.516. The molecule has 0 bridgehead atoms. The Morgan fingerprint density at radius 2 is 1.04 bits per heavy atom. The Hall–Kier alpha value is -6.26. The molecule has 2 atom stereocenters. The van der Waals surface area contributed by atoms with Crippen molar-refractivity contribution in [2.45, 2.75) is 171 Å². The fourth-order valence-corrected chi connectivity index (χ4v) is 23.8. The maximum absolute atomic E-state index is 12.0. The van der Waals surface area contributed by atoms with E-state index in [0.717, 1.165) is 49.0 Å². The molecule has 0 aromatic carbocycles. The zero-order chi connectivity index (χ0) is 61.7. The molecule has 19 nitrogen and oxygen atoms in total. The molecule has 0 spiro atoms. The van der Waals surface area contributed by atoms with Crippen molar-refractivity contribution in [3.8, 4) is 11.4 Å².